The molecule has 3 N–H and O–H groups in total. The summed E-state index contributed by atoms with van der Waals surface area (Å²) in [6.07, 6.45) is 2.24. The standard InChI is InChI=1S/C7H14N2OS/c8-7(11)9-5-6-1-3-10-4-2-6/h6H,1-5H2,(H3,8,9,11). The van der Waals surface area contributed by atoms with Crippen LogP contribution in [0.2, 0.25) is 0 Å². The number of hydrogen-bond acceptors (Lipinski definition) is 2. The highest BCUT2D eigenvalue weighted by Gasteiger charge is 2.12. The zero-order valence-electron chi connectivity index (χ0n) is 6.51. The SMILES string of the molecule is NC(=S)NCC1CCOCC1. The molecule has 11 heavy (non-hydrogen) atoms. The molecule has 0 spiro atoms. The van der Waals surface area contributed by atoms with Crippen LogP contribution in [0.1, 0.15) is 12.8 Å². The molecule has 4 heteroatoms. The van der Waals surface area contributed by atoms with Crippen LogP contribution in [-0.4, -0.2) is 24.9 Å². The van der Waals surface area contributed by atoms with E-state index >= 15 is 0 Å². The highest BCUT2D eigenvalue weighted by atomic mass is 32.1. The Balaban J connectivity index is 2.09. The zero-order chi connectivity index (χ0) is 8.10. The van der Waals surface area contributed by atoms with Crippen molar-refractivity contribution in [1.82, 2.24) is 5.32 Å². The molecule has 1 fully saturated rings. The summed E-state index contributed by atoms with van der Waals surface area (Å²) in [6.45, 7) is 2.66. The number of ether oxygens (including phenoxy) is 1. The van der Waals surface area contributed by atoms with Crippen molar-refractivity contribution in [3.8, 4) is 0 Å². The third-order valence-electron chi connectivity index (χ3n) is 1.91. The fraction of sp³-hybridized carbons (Fsp3) is 0.857. The normalized spacial score (nSPS) is 19.6. The van der Waals surface area contributed by atoms with E-state index in [1.54, 1.807) is 0 Å². The zero-order valence-corrected chi connectivity index (χ0v) is 7.32. The third-order valence-corrected chi connectivity index (χ3v) is 2.05. The number of nitrogens with one attached hydrogen (secondary N) is 1. The van der Waals surface area contributed by atoms with Crippen LogP contribution in [0.4, 0.5) is 0 Å². The lowest BCUT2D eigenvalue weighted by Crippen LogP contribution is -2.35. The van der Waals surface area contributed by atoms with Gasteiger partial charge in [-0.05, 0) is 31.0 Å². The van der Waals surface area contributed by atoms with E-state index in [0.717, 1.165) is 32.6 Å². The van der Waals surface area contributed by atoms with Crippen molar-refractivity contribution in [3.63, 3.8) is 0 Å². The van der Waals surface area contributed by atoms with Crippen molar-refractivity contribution in [3.05, 3.63) is 0 Å². The summed E-state index contributed by atoms with van der Waals surface area (Å²) in [5.74, 6) is 0.685. The molecule has 1 aliphatic heterocycles. The number of rotatable bonds is 2. The summed E-state index contributed by atoms with van der Waals surface area (Å²) in [5, 5.41) is 3.37. The lowest BCUT2D eigenvalue weighted by molar-refractivity contribution is 0.0676. The average molecular weight is 174 g/mol. The second-order valence-corrected chi connectivity index (χ2v) is 3.24. The summed E-state index contributed by atoms with van der Waals surface area (Å²) in [7, 11) is 0. The van der Waals surface area contributed by atoms with Crippen LogP contribution in [0.5, 0.6) is 0 Å². The molecule has 1 aliphatic rings. The summed E-state index contributed by atoms with van der Waals surface area (Å²) >= 11 is 4.70. The van der Waals surface area contributed by atoms with Crippen molar-refractivity contribution in [1.29, 1.82) is 0 Å². The Bertz CT molecular complexity index is 134. The molecule has 0 saturated carbocycles. The van der Waals surface area contributed by atoms with Gasteiger partial charge in [0.25, 0.3) is 0 Å². The molecule has 0 amide bonds. The molecule has 0 aromatic heterocycles. The van der Waals surface area contributed by atoms with Gasteiger partial charge in [0, 0.05) is 19.8 Å². The largest absolute Gasteiger partial charge is 0.381 e. The predicted molar refractivity (Wildman–Crippen MR) is 48.3 cm³/mol. The molecular weight excluding hydrogens is 160 g/mol. The Labute approximate surface area is 72.3 Å². The van der Waals surface area contributed by atoms with Gasteiger partial charge in [-0.2, -0.15) is 0 Å². The topological polar surface area (TPSA) is 47.3 Å². The summed E-state index contributed by atoms with van der Waals surface area (Å²) in [4.78, 5) is 0. The second kappa shape index (κ2) is 4.51. The van der Waals surface area contributed by atoms with E-state index in [0.29, 0.717) is 11.0 Å². The Morgan fingerprint density at radius 2 is 2.18 bits per heavy atom. The minimum Gasteiger partial charge on any atom is -0.381 e. The first-order valence-corrected chi connectivity index (χ1v) is 4.31. The van der Waals surface area contributed by atoms with Gasteiger partial charge >= 0.3 is 0 Å². The lowest BCUT2D eigenvalue weighted by Gasteiger charge is -2.21. The molecule has 0 aromatic rings. The fourth-order valence-corrected chi connectivity index (χ4v) is 1.28. The molecule has 1 heterocycles. The first-order valence-electron chi connectivity index (χ1n) is 3.90. The average Bonchev–Trinajstić information content (AvgIpc) is 2.03. The highest BCUT2D eigenvalue weighted by Crippen LogP contribution is 2.12. The van der Waals surface area contributed by atoms with Crippen LogP contribution in [0, 0.1) is 5.92 Å². The first-order chi connectivity index (χ1) is 5.29. The van der Waals surface area contributed by atoms with E-state index in [4.69, 9.17) is 22.7 Å². The Kier molecular flexibility index (Phi) is 3.59. The van der Waals surface area contributed by atoms with Gasteiger partial charge < -0.3 is 15.8 Å². The summed E-state index contributed by atoms with van der Waals surface area (Å²) in [5.41, 5.74) is 5.30. The van der Waals surface area contributed by atoms with Crippen LogP contribution in [0.25, 0.3) is 0 Å². The van der Waals surface area contributed by atoms with Gasteiger partial charge in [0.1, 0.15) is 0 Å². The molecule has 64 valence electrons. The quantitative estimate of drug-likeness (QED) is 0.589. The van der Waals surface area contributed by atoms with E-state index in [9.17, 15) is 0 Å². The third kappa shape index (κ3) is 3.53. The van der Waals surface area contributed by atoms with E-state index < -0.39 is 0 Å². The maximum Gasteiger partial charge on any atom is 0.163 e. The van der Waals surface area contributed by atoms with Gasteiger partial charge in [0.15, 0.2) is 5.11 Å². The van der Waals surface area contributed by atoms with Gasteiger partial charge in [0.05, 0.1) is 0 Å². The molecule has 0 unspecified atom stereocenters. The molecule has 0 bridgehead atoms. The van der Waals surface area contributed by atoms with Crippen LogP contribution >= 0.6 is 12.2 Å². The Morgan fingerprint density at radius 1 is 1.55 bits per heavy atom. The molecule has 0 atom stereocenters. The molecular formula is C7H14N2OS. The molecule has 0 aliphatic carbocycles. The lowest BCUT2D eigenvalue weighted by atomic mass is 10.0. The van der Waals surface area contributed by atoms with Gasteiger partial charge in [-0.3, -0.25) is 0 Å². The van der Waals surface area contributed by atoms with Gasteiger partial charge in [0.2, 0.25) is 0 Å². The molecule has 0 aromatic carbocycles. The van der Waals surface area contributed by atoms with Crippen molar-refractivity contribution in [2.75, 3.05) is 19.8 Å². The van der Waals surface area contributed by atoms with Crippen molar-refractivity contribution in [2.24, 2.45) is 11.7 Å². The van der Waals surface area contributed by atoms with Crippen molar-refractivity contribution >= 4 is 17.3 Å². The van der Waals surface area contributed by atoms with Crippen molar-refractivity contribution < 1.29 is 4.74 Å². The van der Waals surface area contributed by atoms with E-state index in [1.165, 1.54) is 0 Å². The van der Waals surface area contributed by atoms with Gasteiger partial charge in [-0.1, -0.05) is 0 Å². The highest BCUT2D eigenvalue weighted by molar-refractivity contribution is 7.80. The molecule has 0 radical (unpaired) electrons. The predicted octanol–water partition coefficient (Wildman–Crippen LogP) is 0.246. The molecule has 1 rings (SSSR count). The smallest absolute Gasteiger partial charge is 0.163 e. The number of hydrogen-bond donors (Lipinski definition) is 2. The van der Waals surface area contributed by atoms with E-state index in [2.05, 4.69) is 5.32 Å². The summed E-state index contributed by atoms with van der Waals surface area (Å²) < 4.78 is 5.21. The van der Waals surface area contributed by atoms with Gasteiger partial charge in [-0.15, -0.1) is 0 Å². The first kappa shape index (κ1) is 8.74. The Hall–Kier alpha value is -0.350. The van der Waals surface area contributed by atoms with Crippen LogP contribution in [-0.2, 0) is 4.74 Å². The number of thiocarbonyl (C=S) groups is 1. The Morgan fingerprint density at radius 3 is 2.73 bits per heavy atom. The van der Waals surface area contributed by atoms with Crippen LogP contribution < -0.4 is 11.1 Å². The maximum absolute atomic E-state index is 5.30. The minimum absolute atomic E-state index is 0.400. The monoisotopic (exact) mass is 174 g/mol. The maximum atomic E-state index is 5.30. The molecule has 1 saturated heterocycles. The van der Waals surface area contributed by atoms with Crippen LogP contribution in [0.15, 0.2) is 0 Å². The van der Waals surface area contributed by atoms with Crippen LogP contribution in [0.3, 0.4) is 0 Å². The number of nitrogens with two attached hydrogens (primary N) is 1. The second-order valence-electron chi connectivity index (χ2n) is 2.80. The fourth-order valence-electron chi connectivity index (χ4n) is 1.20. The summed E-state index contributed by atoms with van der Waals surface area (Å²) in [6, 6.07) is 0. The minimum atomic E-state index is 0.400. The van der Waals surface area contributed by atoms with E-state index in [1.807, 2.05) is 0 Å². The van der Waals surface area contributed by atoms with Gasteiger partial charge in [-0.25, -0.2) is 0 Å². The van der Waals surface area contributed by atoms with Crippen molar-refractivity contribution in [2.45, 2.75) is 12.8 Å². The van der Waals surface area contributed by atoms with E-state index in [-0.39, 0.29) is 0 Å². The molecule has 3 nitrogen and oxygen atoms in total.